The van der Waals surface area contributed by atoms with E-state index in [4.69, 9.17) is 0 Å². The molecule has 0 N–H and O–H groups in total. The first-order chi connectivity index (χ1) is 10.6. The van der Waals surface area contributed by atoms with Gasteiger partial charge >= 0.3 is 0 Å². The second kappa shape index (κ2) is 5.10. The van der Waals surface area contributed by atoms with Crippen molar-refractivity contribution in [1.29, 1.82) is 0 Å². The maximum atomic E-state index is 2.41. The second-order valence-corrected chi connectivity index (χ2v) is 7.60. The highest BCUT2D eigenvalue weighted by atomic mass is 32.1. The zero-order chi connectivity index (χ0) is 15.3. The fraction of sp³-hybridized carbons (Fsp3) is 0.238. The van der Waals surface area contributed by atoms with Crippen LogP contribution in [0.2, 0.25) is 0 Å². The van der Waals surface area contributed by atoms with Crippen LogP contribution in [-0.2, 0) is 0 Å². The summed E-state index contributed by atoms with van der Waals surface area (Å²) in [5.74, 6) is 1.18. The molecule has 22 heavy (non-hydrogen) atoms. The Balaban J connectivity index is 1.87. The van der Waals surface area contributed by atoms with Crippen molar-refractivity contribution in [2.75, 3.05) is 0 Å². The minimum atomic E-state index is 0.560. The molecule has 110 valence electrons. The summed E-state index contributed by atoms with van der Waals surface area (Å²) in [5, 5.41) is 2.77. The van der Waals surface area contributed by atoms with E-state index in [-0.39, 0.29) is 0 Å². The lowest BCUT2D eigenvalue weighted by Crippen LogP contribution is -1.98. The molecule has 1 heteroatoms. The first kappa shape index (κ1) is 13.8. The third-order valence-corrected chi connectivity index (χ3v) is 5.81. The van der Waals surface area contributed by atoms with E-state index < -0.39 is 0 Å². The highest BCUT2D eigenvalue weighted by Crippen LogP contribution is 2.38. The molecular formula is C21H20S. The van der Waals surface area contributed by atoms with Gasteiger partial charge in [-0.15, -0.1) is 11.3 Å². The molecule has 1 atom stereocenters. The largest absolute Gasteiger partial charge is 0.135 e. The van der Waals surface area contributed by atoms with Crippen LogP contribution in [0.25, 0.3) is 25.7 Å². The van der Waals surface area contributed by atoms with Crippen molar-refractivity contribution in [3.8, 4) is 0 Å². The maximum absolute atomic E-state index is 2.41. The van der Waals surface area contributed by atoms with Gasteiger partial charge in [-0.1, -0.05) is 62.8 Å². The number of thiophene rings is 1. The standard InChI is InChI=1S/C21H20S/c1-13(2)18-12-16(10-14(18)3)15-8-9-21-19(11-15)17-6-4-5-7-20(17)22-21/h4-14H,1-3H3. The van der Waals surface area contributed by atoms with Gasteiger partial charge in [-0.2, -0.15) is 0 Å². The van der Waals surface area contributed by atoms with Gasteiger partial charge in [0.1, 0.15) is 0 Å². The molecule has 4 rings (SSSR count). The Hall–Kier alpha value is -1.86. The van der Waals surface area contributed by atoms with Crippen LogP contribution in [-0.4, -0.2) is 0 Å². The highest BCUT2D eigenvalue weighted by Gasteiger charge is 2.18. The number of fused-ring (bicyclic) bond motifs is 3. The lowest BCUT2D eigenvalue weighted by molar-refractivity contribution is 0.675. The Kier molecular flexibility index (Phi) is 3.19. The molecule has 2 aromatic carbocycles. The maximum Gasteiger partial charge on any atom is 0.0355 e. The Morgan fingerprint density at radius 2 is 1.73 bits per heavy atom. The van der Waals surface area contributed by atoms with Crippen molar-refractivity contribution >= 4 is 37.1 Å². The number of hydrogen-bond donors (Lipinski definition) is 0. The topological polar surface area (TPSA) is 0 Å². The van der Waals surface area contributed by atoms with Crippen molar-refractivity contribution in [2.24, 2.45) is 11.8 Å². The van der Waals surface area contributed by atoms with Gasteiger partial charge in [0.05, 0.1) is 0 Å². The highest BCUT2D eigenvalue weighted by molar-refractivity contribution is 7.25. The molecule has 1 aliphatic carbocycles. The third kappa shape index (κ3) is 2.12. The van der Waals surface area contributed by atoms with Crippen LogP contribution in [0.3, 0.4) is 0 Å². The van der Waals surface area contributed by atoms with E-state index in [1.807, 2.05) is 11.3 Å². The van der Waals surface area contributed by atoms with Crippen LogP contribution in [0, 0.1) is 11.8 Å². The number of benzene rings is 2. The summed E-state index contributed by atoms with van der Waals surface area (Å²) in [6, 6.07) is 15.6. The van der Waals surface area contributed by atoms with Crippen LogP contribution in [0.1, 0.15) is 26.3 Å². The lowest BCUT2D eigenvalue weighted by Gasteiger charge is -2.10. The number of allylic oxidation sites excluding steroid dienone is 4. The zero-order valence-electron chi connectivity index (χ0n) is 13.3. The first-order valence-corrected chi connectivity index (χ1v) is 8.80. The molecule has 1 heterocycles. The normalized spacial score (nSPS) is 18.3. The second-order valence-electron chi connectivity index (χ2n) is 6.52. The van der Waals surface area contributed by atoms with Gasteiger partial charge in [0.15, 0.2) is 0 Å². The van der Waals surface area contributed by atoms with Crippen LogP contribution < -0.4 is 0 Å². The summed E-state index contributed by atoms with van der Waals surface area (Å²) in [5.41, 5.74) is 4.28. The summed E-state index contributed by atoms with van der Waals surface area (Å²) >= 11 is 1.88. The predicted octanol–water partition coefficient (Wildman–Crippen LogP) is 6.67. The predicted molar refractivity (Wildman–Crippen MR) is 99.4 cm³/mol. The Morgan fingerprint density at radius 3 is 2.50 bits per heavy atom. The molecule has 0 radical (unpaired) electrons. The van der Waals surface area contributed by atoms with Gasteiger partial charge in [-0.3, -0.25) is 0 Å². The Labute approximate surface area is 135 Å². The monoisotopic (exact) mass is 304 g/mol. The molecule has 0 fully saturated rings. The lowest BCUT2D eigenvalue weighted by atomic mass is 9.95. The van der Waals surface area contributed by atoms with Crippen molar-refractivity contribution < 1.29 is 0 Å². The minimum absolute atomic E-state index is 0.560. The molecule has 0 amide bonds. The summed E-state index contributed by atoms with van der Waals surface area (Å²) in [6.07, 6.45) is 4.80. The van der Waals surface area contributed by atoms with Gasteiger partial charge in [-0.25, -0.2) is 0 Å². The van der Waals surface area contributed by atoms with Crippen LogP contribution >= 0.6 is 11.3 Å². The zero-order valence-corrected chi connectivity index (χ0v) is 14.1. The fourth-order valence-corrected chi connectivity index (χ4v) is 4.59. The summed E-state index contributed by atoms with van der Waals surface area (Å²) in [4.78, 5) is 0. The van der Waals surface area contributed by atoms with Crippen molar-refractivity contribution in [1.82, 2.24) is 0 Å². The van der Waals surface area contributed by atoms with Gasteiger partial charge in [0.2, 0.25) is 0 Å². The molecule has 0 saturated carbocycles. The van der Waals surface area contributed by atoms with Crippen LogP contribution in [0.15, 0.2) is 60.2 Å². The average molecular weight is 304 g/mol. The quantitative estimate of drug-likeness (QED) is 0.496. The number of rotatable bonds is 2. The molecule has 0 bridgehead atoms. The summed E-state index contributed by atoms with van der Waals surface area (Å²) in [6.45, 7) is 6.88. The van der Waals surface area contributed by atoms with Crippen molar-refractivity contribution in [3.63, 3.8) is 0 Å². The molecule has 0 spiro atoms. The van der Waals surface area contributed by atoms with Crippen LogP contribution in [0.4, 0.5) is 0 Å². The molecule has 0 saturated heterocycles. The van der Waals surface area contributed by atoms with Gasteiger partial charge < -0.3 is 0 Å². The van der Waals surface area contributed by atoms with Crippen LogP contribution in [0.5, 0.6) is 0 Å². The van der Waals surface area contributed by atoms with E-state index in [9.17, 15) is 0 Å². The minimum Gasteiger partial charge on any atom is -0.135 e. The van der Waals surface area contributed by atoms with E-state index in [0.29, 0.717) is 11.8 Å². The summed E-state index contributed by atoms with van der Waals surface area (Å²) in [7, 11) is 0. The fourth-order valence-electron chi connectivity index (χ4n) is 3.50. The van der Waals surface area contributed by atoms with Crippen molar-refractivity contribution in [3.05, 3.63) is 65.8 Å². The smallest absolute Gasteiger partial charge is 0.0355 e. The van der Waals surface area contributed by atoms with Gasteiger partial charge in [0.25, 0.3) is 0 Å². The molecular weight excluding hydrogens is 284 g/mol. The Bertz CT molecular complexity index is 921. The van der Waals surface area contributed by atoms with Gasteiger partial charge in [-0.05, 0) is 41.2 Å². The summed E-state index contributed by atoms with van der Waals surface area (Å²) < 4.78 is 2.76. The number of hydrogen-bond acceptors (Lipinski definition) is 1. The average Bonchev–Trinajstić information content (AvgIpc) is 3.07. The third-order valence-electron chi connectivity index (χ3n) is 4.65. The van der Waals surface area contributed by atoms with E-state index >= 15 is 0 Å². The molecule has 3 aromatic rings. The van der Waals surface area contributed by atoms with E-state index in [1.165, 1.54) is 31.3 Å². The van der Waals surface area contributed by atoms with Gasteiger partial charge in [0, 0.05) is 20.2 Å². The SMILES string of the molecule is CC(C)C1=CC(c2ccc3sc4ccccc4c3c2)=CC1C. The Morgan fingerprint density at radius 1 is 0.955 bits per heavy atom. The van der Waals surface area contributed by atoms with E-state index in [0.717, 1.165) is 0 Å². The molecule has 1 unspecified atom stereocenters. The molecule has 0 nitrogen and oxygen atoms in total. The van der Waals surface area contributed by atoms with E-state index in [1.54, 1.807) is 5.57 Å². The van der Waals surface area contributed by atoms with Crippen molar-refractivity contribution in [2.45, 2.75) is 20.8 Å². The first-order valence-electron chi connectivity index (χ1n) is 7.98. The molecule has 0 aliphatic heterocycles. The molecule has 1 aliphatic rings. The molecule has 1 aromatic heterocycles. The van der Waals surface area contributed by atoms with E-state index in [2.05, 4.69) is 75.4 Å².